The molecule has 0 N–H and O–H groups in total. The maximum atomic E-state index is 11.5. The summed E-state index contributed by atoms with van der Waals surface area (Å²) in [5.74, 6) is 1.40. The van der Waals surface area contributed by atoms with Gasteiger partial charge in [-0.25, -0.2) is 4.98 Å². The van der Waals surface area contributed by atoms with Gasteiger partial charge in [-0.05, 0) is 38.0 Å². The quantitative estimate of drug-likeness (QED) is 0.781. The molecule has 118 valence electrons. The van der Waals surface area contributed by atoms with Gasteiger partial charge in [0.1, 0.15) is 0 Å². The van der Waals surface area contributed by atoms with Gasteiger partial charge in [-0.1, -0.05) is 13.8 Å². The molecule has 1 aromatic heterocycles. The molecule has 1 aromatic rings. The van der Waals surface area contributed by atoms with Crippen LogP contribution >= 0.6 is 11.3 Å². The predicted octanol–water partition coefficient (Wildman–Crippen LogP) is 3.51. The molecular formula is C16H26N2O2S. The molecule has 2 heterocycles. The van der Waals surface area contributed by atoms with Crippen molar-refractivity contribution in [3.8, 4) is 0 Å². The van der Waals surface area contributed by atoms with E-state index in [1.165, 1.54) is 19.3 Å². The summed E-state index contributed by atoms with van der Waals surface area (Å²) in [6.45, 7) is 9.05. The lowest BCUT2D eigenvalue weighted by atomic mass is 9.89. The van der Waals surface area contributed by atoms with E-state index in [1.54, 1.807) is 11.3 Å². The molecule has 0 aliphatic carbocycles. The molecule has 0 radical (unpaired) electrons. The summed E-state index contributed by atoms with van der Waals surface area (Å²) in [7, 11) is 0. The molecule has 0 amide bonds. The molecule has 5 heteroatoms. The molecule has 1 saturated heterocycles. The lowest BCUT2D eigenvalue weighted by Gasteiger charge is -2.20. The zero-order valence-electron chi connectivity index (χ0n) is 13.3. The van der Waals surface area contributed by atoms with Gasteiger partial charge in [0.15, 0.2) is 5.13 Å². The SMILES string of the molecule is CCOC(=O)Cc1csc(N2CCCC(C(C)C)CC2)n1. The third-order valence-electron chi connectivity index (χ3n) is 4.16. The van der Waals surface area contributed by atoms with Crippen LogP contribution in [0.25, 0.3) is 0 Å². The van der Waals surface area contributed by atoms with Crippen LogP contribution in [0.15, 0.2) is 5.38 Å². The van der Waals surface area contributed by atoms with Crippen LogP contribution in [0.1, 0.15) is 45.7 Å². The summed E-state index contributed by atoms with van der Waals surface area (Å²) < 4.78 is 4.97. The van der Waals surface area contributed by atoms with Gasteiger partial charge < -0.3 is 9.64 Å². The number of esters is 1. The Morgan fingerprint density at radius 1 is 1.48 bits per heavy atom. The van der Waals surface area contributed by atoms with Crippen LogP contribution in [-0.4, -0.2) is 30.6 Å². The van der Waals surface area contributed by atoms with E-state index in [0.717, 1.165) is 35.8 Å². The topological polar surface area (TPSA) is 42.4 Å². The molecule has 1 aliphatic rings. The Balaban J connectivity index is 1.93. The normalized spacial score (nSPS) is 19.6. The minimum absolute atomic E-state index is 0.190. The molecule has 2 rings (SSSR count). The largest absolute Gasteiger partial charge is 0.466 e. The van der Waals surface area contributed by atoms with Crippen molar-refractivity contribution in [2.75, 3.05) is 24.6 Å². The molecular weight excluding hydrogens is 284 g/mol. The average Bonchev–Trinajstić information content (AvgIpc) is 2.74. The second-order valence-corrected chi connectivity index (χ2v) is 6.86. The van der Waals surface area contributed by atoms with Gasteiger partial charge >= 0.3 is 5.97 Å². The molecule has 4 nitrogen and oxygen atoms in total. The van der Waals surface area contributed by atoms with Gasteiger partial charge in [0, 0.05) is 18.5 Å². The van der Waals surface area contributed by atoms with E-state index in [4.69, 9.17) is 4.74 Å². The van der Waals surface area contributed by atoms with Crippen molar-refractivity contribution in [2.45, 2.75) is 46.5 Å². The van der Waals surface area contributed by atoms with Crippen LogP contribution in [0, 0.1) is 11.8 Å². The average molecular weight is 310 g/mol. The summed E-state index contributed by atoms with van der Waals surface area (Å²) >= 11 is 1.64. The van der Waals surface area contributed by atoms with Crippen LogP contribution < -0.4 is 4.90 Å². The number of ether oxygens (including phenoxy) is 1. The fourth-order valence-electron chi connectivity index (χ4n) is 2.86. The molecule has 0 spiro atoms. The lowest BCUT2D eigenvalue weighted by Crippen LogP contribution is -2.24. The first-order chi connectivity index (χ1) is 10.1. The Hall–Kier alpha value is -1.10. The number of aromatic nitrogens is 1. The number of anilines is 1. The maximum Gasteiger partial charge on any atom is 0.311 e. The molecule has 1 unspecified atom stereocenters. The van der Waals surface area contributed by atoms with Crippen LogP contribution in [-0.2, 0) is 16.0 Å². The van der Waals surface area contributed by atoms with E-state index < -0.39 is 0 Å². The second-order valence-electron chi connectivity index (χ2n) is 6.03. The number of carbonyl (C=O) groups is 1. The zero-order chi connectivity index (χ0) is 15.2. The first-order valence-corrected chi connectivity index (χ1v) is 8.83. The van der Waals surface area contributed by atoms with Crippen molar-refractivity contribution in [2.24, 2.45) is 11.8 Å². The van der Waals surface area contributed by atoms with Crippen molar-refractivity contribution in [1.82, 2.24) is 4.98 Å². The first-order valence-electron chi connectivity index (χ1n) is 7.95. The zero-order valence-corrected chi connectivity index (χ0v) is 14.1. The number of carbonyl (C=O) groups excluding carboxylic acids is 1. The van der Waals surface area contributed by atoms with Gasteiger partial charge in [0.2, 0.25) is 0 Å². The third-order valence-corrected chi connectivity index (χ3v) is 5.11. The van der Waals surface area contributed by atoms with Gasteiger partial charge in [-0.15, -0.1) is 11.3 Å². The predicted molar refractivity (Wildman–Crippen MR) is 86.8 cm³/mol. The Labute approximate surface area is 131 Å². The molecule has 0 bridgehead atoms. The fourth-order valence-corrected chi connectivity index (χ4v) is 3.74. The summed E-state index contributed by atoms with van der Waals surface area (Å²) in [5.41, 5.74) is 0.832. The molecule has 1 aliphatic heterocycles. The third kappa shape index (κ3) is 4.70. The smallest absolute Gasteiger partial charge is 0.311 e. The van der Waals surface area contributed by atoms with E-state index >= 15 is 0 Å². The Bertz CT molecular complexity index is 459. The Morgan fingerprint density at radius 2 is 2.29 bits per heavy atom. The monoisotopic (exact) mass is 310 g/mol. The highest BCUT2D eigenvalue weighted by atomic mass is 32.1. The summed E-state index contributed by atoms with van der Waals surface area (Å²) in [5, 5.41) is 3.04. The van der Waals surface area contributed by atoms with E-state index in [1.807, 2.05) is 12.3 Å². The summed E-state index contributed by atoms with van der Waals surface area (Å²) in [6.07, 6.45) is 4.07. The summed E-state index contributed by atoms with van der Waals surface area (Å²) in [6, 6.07) is 0. The number of thiazole rings is 1. The highest BCUT2D eigenvalue weighted by Gasteiger charge is 2.21. The fraction of sp³-hybridized carbons (Fsp3) is 0.750. The van der Waals surface area contributed by atoms with Crippen molar-refractivity contribution in [3.05, 3.63) is 11.1 Å². The molecule has 0 aromatic carbocycles. The first kappa shape index (κ1) is 16.3. The van der Waals surface area contributed by atoms with Crippen molar-refractivity contribution in [1.29, 1.82) is 0 Å². The van der Waals surface area contributed by atoms with E-state index in [2.05, 4.69) is 23.7 Å². The number of hydrogen-bond acceptors (Lipinski definition) is 5. The van der Waals surface area contributed by atoms with Crippen LogP contribution in [0.3, 0.4) is 0 Å². The van der Waals surface area contributed by atoms with Crippen LogP contribution in [0.2, 0.25) is 0 Å². The minimum atomic E-state index is -0.190. The minimum Gasteiger partial charge on any atom is -0.466 e. The van der Waals surface area contributed by atoms with Crippen molar-refractivity contribution < 1.29 is 9.53 Å². The maximum absolute atomic E-state index is 11.5. The summed E-state index contributed by atoms with van der Waals surface area (Å²) in [4.78, 5) is 18.5. The number of rotatable bonds is 5. The van der Waals surface area contributed by atoms with Crippen LogP contribution in [0.5, 0.6) is 0 Å². The highest BCUT2D eigenvalue weighted by molar-refractivity contribution is 7.13. The van der Waals surface area contributed by atoms with Crippen molar-refractivity contribution in [3.63, 3.8) is 0 Å². The lowest BCUT2D eigenvalue weighted by molar-refractivity contribution is -0.142. The molecule has 1 fully saturated rings. The number of hydrogen-bond donors (Lipinski definition) is 0. The van der Waals surface area contributed by atoms with E-state index in [0.29, 0.717) is 6.61 Å². The highest BCUT2D eigenvalue weighted by Crippen LogP contribution is 2.29. The van der Waals surface area contributed by atoms with Gasteiger partial charge in [-0.3, -0.25) is 4.79 Å². The Kier molecular flexibility index (Phi) is 6.03. The van der Waals surface area contributed by atoms with E-state index in [-0.39, 0.29) is 12.4 Å². The van der Waals surface area contributed by atoms with Gasteiger partial charge in [-0.2, -0.15) is 0 Å². The van der Waals surface area contributed by atoms with Crippen LogP contribution in [0.4, 0.5) is 5.13 Å². The molecule has 0 saturated carbocycles. The number of nitrogens with zero attached hydrogens (tertiary/aromatic N) is 2. The standard InChI is InChI=1S/C16H26N2O2S/c1-4-20-15(19)10-14-11-21-16(17-14)18-8-5-6-13(7-9-18)12(2)3/h11-13H,4-10H2,1-3H3. The Morgan fingerprint density at radius 3 is 3.00 bits per heavy atom. The molecule has 21 heavy (non-hydrogen) atoms. The second kappa shape index (κ2) is 7.78. The van der Waals surface area contributed by atoms with Gasteiger partial charge in [0.25, 0.3) is 0 Å². The molecule has 1 atom stereocenters. The van der Waals surface area contributed by atoms with Crippen molar-refractivity contribution >= 4 is 22.4 Å². The van der Waals surface area contributed by atoms with Gasteiger partial charge in [0.05, 0.1) is 18.7 Å². The van der Waals surface area contributed by atoms with E-state index in [9.17, 15) is 4.79 Å².